The molecule has 1 N–H and O–H groups in total. The Kier molecular flexibility index (Phi) is 4.80. The third kappa shape index (κ3) is 2.77. The molecule has 0 spiro atoms. The predicted octanol–water partition coefficient (Wildman–Crippen LogP) is 8.25. The van der Waals surface area contributed by atoms with Crippen molar-refractivity contribution in [3.63, 3.8) is 0 Å². The second kappa shape index (κ2) is 6.55. The van der Waals surface area contributed by atoms with Crippen LogP contribution in [0.2, 0.25) is 0 Å². The fourth-order valence-corrected chi connectivity index (χ4v) is 12.1. The van der Waals surface area contributed by atoms with E-state index in [0.717, 1.165) is 23.7 Å². The molecule has 0 saturated heterocycles. The Hall–Kier alpha value is -0.0400. The average molecular weight is 429 g/mol. The molecular weight excluding hydrogens is 376 g/mol. The van der Waals surface area contributed by atoms with Gasteiger partial charge < -0.3 is 5.11 Å². The van der Waals surface area contributed by atoms with Gasteiger partial charge in [-0.05, 0) is 135 Å². The van der Waals surface area contributed by atoms with E-state index in [1.807, 2.05) is 0 Å². The second-order valence-corrected chi connectivity index (χ2v) is 15.4. The highest BCUT2D eigenvalue weighted by molar-refractivity contribution is 5.19. The van der Waals surface area contributed by atoms with Crippen molar-refractivity contribution in [1.29, 1.82) is 0 Å². The molecule has 0 aromatic heterocycles. The Balaban J connectivity index is 1.52. The predicted molar refractivity (Wildman–Crippen MR) is 131 cm³/mol. The van der Waals surface area contributed by atoms with Gasteiger partial charge in [0.05, 0.1) is 5.60 Å². The maximum absolute atomic E-state index is 11.0. The lowest BCUT2D eigenvalue weighted by Crippen LogP contribution is -2.66. The largest absolute Gasteiger partial charge is 0.390 e. The van der Waals surface area contributed by atoms with Crippen LogP contribution < -0.4 is 0 Å². The van der Waals surface area contributed by atoms with Crippen molar-refractivity contribution in [2.24, 2.45) is 56.7 Å². The van der Waals surface area contributed by atoms with E-state index in [1.54, 1.807) is 0 Å². The topological polar surface area (TPSA) is 20.2 Å². The zero-order valence-electron chi connectivity index (χ0n) is 22.1. The number of hydrogen-bond acceptors (Lipinski definition) is 1. The van der Waals surface area contributed by atoms with Crippen LogP contribution in [0.5, 0.6) is 0 Å². The molecule has 1 heteroatoms. The maximum atomic E-state index is 11.0. The van der Waals surface area contributed by atoms with E-state index in [4.69, 9.17) is 0 Å². The maximum Gasteiger partial charge on any atom is 0.0622 e. The molecule has 0 aromatic rings. The summed E-state index contributed by atoms with van der Waals surface area (Å²) in [7, 11) is 0. The number of hydrogen-bond donors (Lipinski definition) is 1. The summed E-state index contributed by atoms with van der Waals surface area (Å²) in [5.41, 5.74) is 1.97. The molecule has 0 amide bonds. The van der Waals surface area contributed by atoms with Crippen LogP contribution in [0, 0.1) is 56.7 Å². The third-order valence-corrected chi connectivity index (χ3v) is 13.6. The Morgan fingerprint density at radius 1 is 0.613 bits per heavy atom. The van der Waals surface area contributed by atoms with Crippen LogP contribution >= 0.6 is 0 Å². The molecule has 0 aromatic carbocycles. The first-order valence-corrected chi connectivity index (χ1v) is 13.9. The van der Waals surface area contributed by atoms with E-state index in [1.165, 1.54) is 70.6 Å². The number of fused-ring (bicyclic) bond motifs is 7. The minimum Gasteiger partial charge on any atom is -0.390 e. The van der Waals surface area contributed by atoms with Gasteiger partial charge in [0.2, 0.25) is 0 Å². The molecule has 0 aliphatic heterocycles. The first-order valence-electron chi connectivity index (χ1n) is 13.9. The lowest BCUT2D eigenvalue weighted by atomic mass is 9.32. The molecule has 31 heavy (non-hydrogen) atoms. The minimum absolute atomic E-state index is 0.440. The van der Waals surface area contributed by atoms with Crippen molar-refractivity contribution in [3.8, 4) is 0 Å². The molecule has 0 heterocycles. The van der Waals surface area contributed by atoms with E-state index in [-0.39, 0.29) is 0 Å². The summed E-state index contributed by atoms with van der Waals surface area (Å²) >= 11 is 0. The van der Waals surface area contributed by atoms with E-state index in [2.05, 4.69) is 55.4 Å². The van der Waals surface area contributed by atoms with Crippen LogP contribution in [0.25, 0.3) is 0 Å². The molecule has 0 radical (unpaired) electrons. The highest BCUT2D eigenvalue weighted by atomic mass is 16.3. The van der Waals surface area contributed by atoms with Crippen LogP contribution in [0.15, 0.2) is 0 Å². The van der Waals surface area contributed by atoms with Gasteiger partial charge in [0.1, 0.15) is 0 Å². The summed E-state index contributed by atoms with van der Waals surface area (Å²) in [5.74, 6) is 3.91. The summed E-state index contributed by atoms with van der Waals surface area (Å²) in [4.78, 5) is 0. The van der Waals surface area contributed by atoms with E-state index in [0.29, 0.717) is 33.0 Å². The lowest BCUT2D eigenvalue weighted by molar-refractivity contribution is -0.243. The van der Waals surface area contributed by atoms with E-state index < -0.39 is 5.60 Å². The molecule has 5 aliphatic carbocycles. The van der Waals surface area contributed by atoms with Crippen LogP contribution in [0.3, 0.4) is 0 Å². The smallest absolute Gasteiger partial charge is 0.0622 e. The van der Waals surface area contributed by atoms with Crippen molar-refractivity contribution < 1.29 is 5.11 Å². The number of aliphatic hydroxyl groups is 1. The minimum atomic E-state index is -0.517. The molecule has 5 saturated carbocycles. The molecule has 0 unspecified atom stereocenters. The normalized spacial score (nSPS) is 56.2. The Bertz CT molecular complexity index is 731. The molecular formula is C30H52O. The van der Waals surface area contributed by atoms with Crippen LogP contribution in [-0.2, 0) is 0 Å². The molecule has 178 valence electrons. The first kappa shape index (κ1) is 22.7. The average Bonchev–Trinajstić information content (AvgIpc) is 2.99. The Labute approximate surface area is 193 Å². The summed E-state index contributed by atoms with van der Waals surface area (Å²) < 4.78 is 0. The van der Waals surface area contributed by atoms with Crippen molar-refractivity contribution in [1.82, 2.24) is 0 Å². The third-order valence-electron chi connectivity index (χ3n) is 13.6. The molecule has 5 fully saturated rings. The Morgan fingerprint density at radius 3 is 1.81 bits per heavy atom. The zero-order chi connectivity index (χ0) is 22.7. The van der Waals surface area contributed by atoms with Crippen molar-refractivity contribution in [2.75, 3.05) is 0 Å². The molecule has 9 atom stereocenters. The summed E-state index contributed by atoms with van der Waals surface area (Å²) in [6.45, 7) is 20.3. The monoisotopic (exact) mass is 428 g/mol. The van der Waals surface area contributed by atoms with Crippen molar-refractivity contribution >= 4 is 0 Å². The van der Waals surface area contributed by atoms with Crippen LogP contribution in [-0.4, -0.2) is 10.7 Å². The molecule has 1 nitrogen and oxygen atoms in total. The summed E-state index contributed by atoms with van der Waals surface area (Å²) in [6, 6.07) is 0. The summed E-state index contributed by atoms with van der Waals surface area (Å²) in [6.07, 6.45) is 15.5. The van der Waals surface area contributed by atoms with Gasteiger partial charge >= 0.3 is 0 Å². The van der Waals surface area contributed by atoms with Crippen molar-refractivity contribution in [2.45, 2.75) is 132 Å². The van der Waals surface area contributed by atoms with Gasteiger partial charge in [-0.3, -0.25) is 0 Å². The van der Waals surface area contributed by atoms with Gasteiger partial charge in [-0.1, -0.05) is 48.0 Å². The highest BCUT2D eigenvalue weighted by Crippen LogP contribution is 2.78. The standard InChI is InChI=1S/C30H52O/c1-25(2)15-9-16-28(6)22(25)14-19-30(8)24(28)11-10-23-27(5)17-12-20(26(3,4)31)21(27)13-18-29(23,30)7/h20-24,31H,9-19H2,1-8H3/t20-,21+,22-,23+,24+,27-,28-,29+,30+/m0/s1. The molecule has 5 aliphatic rings. The molecule has 5 rings (SSSR count). The van der Waals surface area contributed by atoms with Gasteiger partial charge in [0.25, 0.3) is 0 Å². The molecule has 0 bridgehead atoms. The fraction of sp³-hybridized carbons (Fsp3) is 1.00. The quantitative estimate of drug-likeness (QED) is 0.445. The fourth-order valence-electron chi connectivity index (χ4n) is 12.1. The van der Waals surface area contributed by atoms with E-state index >= 15 is 0 Å². The van der Waals surface area contributed by atoms with Crippen LogP contribution in [0.1, 0.15) is 126 Å². The lowest BCUT2D eigenvalue weighted by Gasteiger charge is -2.73. The Morgan fingerprint density at radius 2 is 1.19 bits per heavy atom. The highest BCUT2D eigenvalue weighted by Gasteiger charge is 2.70. The van der Waals surface area contributed by atoms with Gasteiger partial charge in [0.15, 0.2) is 0 Å². The SMILES string of the molecule is CC(C)(O)[C@H]1CC[C@@]2(C)[C@@H]1CC[C@]1(C)[C@@H]2CC[C@@H]2[C@@]3(C)CCCC(C)(C)[C@@H]3CC[C@]21C. The zero-order valence-corrected chi connectivity index (χ0v) is 22.1. The van der Waals surface area contributed by atoms with Gasteiger partial charge in [-0.25, -0.2) is 0 Å². The second-order valence-electron chi connectivity index (χ2n) is 15.4. The summed E-state index contributed by atoms with van der Waals surface area (Å²) in [5, 5.41) is 11.0. The van der Waals surface area contributed by atoms with Crippen LogP contribution in [0.4, 0.5) is 0 Å². The number of rotatable bonds is 1. The van der Waals surface area contributed by atoms with Gasteiger partial charge in [-0.2, -0.15) is 0 Å². The van der Waals surface area contributed by atoms with Gasteiger partial charge in [-0.15, -0.1) is 0 Å². The van der Waals surface area contributed by atoms with Crippen molar-refractivity contribution in [3.05, 3.63) is 0 Å². The van der Waals surface area contributed by atoms with Gasteiger partial charge in [0, 0.05) is 0 Å². The first-order chi connectivity index (χ1) is 14.2. The van der Waals surface area contributed by atoms with E-state index in [9.17, 15) is 5.11 Å².